The van der Waals surface area contributed by atoms with E-state index in [1.165, 1.54) is 4.31 Å². The molecule has 0 atom stereocenters. The zero-order valence-corrected chi connectivity index (χ0v) is 9.63. The highest BCUT2D eigenvalue weighted by Gasteiger charge is 2.30. The topological polar surface area (TPSA) is 57.6 Å². The van der Waals surface area contributed by atoms with Crippen LogP contribution in [0.4, 0.5) is 0 Å². The smallest absolute Gasteiger partial charge is 0.213 e. The fraction of sp³-hybridized carbons (Fsp3) is 1.00. The molecule has 0 aromatic heterocycles. The number of hydrogen-bond donors (Lipinski definition) is 1. The molecule has 0 heterocycles. The third kappa shape index (κ3) is 2.93. The van der Waals surface area contributed by atoms with E-state index in [9.17, 15) is 8.42 Å². The van der Waals surface area contributed by atoms with Crippen LogP contribution in [0.3, 0.4) is 0 Å². The lowest BCUT2D eigenvalue weighted by molar-refractivity contribution is 0.0367. The molecule has 0 bridgehead atoms. The zero-order valence-electron chi connectivity index (χ0n) is 8.81. The minimum Gasteiger partial charge on any atom is -0.393 e. The SMILES string of the molecule is CCCS(=O)(=O)N(C)CC1CC(O)C1. The van der Waals surface area contributed by atoms with Gasteiger partial charge in [-0.15, -0.1) is 0 Å². The predicted octanol–water partition coefficient (Wildman–Crippen LogP) is 0.429. The second kappa shape index (κ2) is 4.59. The van der Waals surface area contributed by atoms with Gasteiger partial charge in [0.2, 0.25) is 10.0 Å². The van der Waals surface area contributed by atoms with Crippen molar-refractivity contribution in [1.29, 1.82) is 0 Å². The molecule has 5 heteroatoms. The average molecular weight is 221 g/mol. The maximum atomic E-state index is 11.6. The van der Waals surface area contributed by atoms with Crippen LogP contribution in [0.5, 0.6) is 0 Å². The molecule has 1 aliphatic rings. The molecule has 0 aliphatic heterocycles. The minimum absolute atomic E-state index is 0.206. The molecule has 0 radical (unpaired) electrons. The summed E-state index contributed by atoms with van der Waals surface area (Å²) in [6.07, 6.45) is 1.93. The Morgan fingerprint density at radius 2 is 2.00 bits per heavy atom. The summed E-state index contributed by atoms with van der Waals surface area (Å²) in [4.78, 5) is 0. The highest BCUT2D eigenvalue weighted by atomic mass is 32.2. The highest BCUT2D eigenvalue weighted by molar-refractivity contribution is 7.89. The maximum absolute atomic E-state index is 11.6. The number of rotatable bonds is 5. The summed E-state index contributed by atoms with van der Waals surface area (Å²) in [5, 5.41) is 9.07. The molecule has 4 nitrogen and oxygen atoms in total. The molecular weight excluding hydrogens is 202 g/mol. The van der Waals surface area contributed by atoms with Crippen molar-refractivity contribution < 1.29 is 13.5 Å². The summed E-state index contributed by atoms with van der Waals surface area (Å²) in [7, 11) is -1.43. The van der Waals surface area contributed by atoms with Crippen LogP contribution in [0.1, 0.15) is 26.2 Å². The Labute approximate surface area is 86.0 Å². The third-order valence-electron chi connectivity index (χ3n) is 2.66. The van der Waals surface area contributed by atoms with Gasteiger partial charge in [-0.05, 0) is 25.2 Å². The summed E-state index contributed by atoms with van der Waals surface area (Å²) in [6, 6.07) is 0. The summed E-state index contributed by atoms with van der Waals surface area (Å²) in [5.74, 6) is 0.570. The lowest BCUT2D eigenvalue weighted by Crippen LogP contribution is -2.40. The van der Waals surface area contributed by atoms with Crippen molar-refractivity contribution in [2.45, 2.75) is 32.3 Å². The van der Waals surface area contributed by atoms with Gasteiger partial charge in [-0.2, -0.15) is 0 Å². The fourth-order valence-electron chi connectivity index (χ4n) is 1.74. The van der Waals surface area contributed by atoms with Crippen LogP contribution in [0.2, 0.25) is 0 Å². The largest absolute Gasteiger partial charge is 0.393 e. The summed E-state index contributed by atoms with van der Waals surface area (Å²) in [5.41, 5.74) is 0. The second-order valence-corrected chi connectivity index (χ2v) is 6.28. The molecule has 0 unspecified atom stereocenters. The van der Waals surface area contributed by atoms with Crippen LogP contribution in [-0.2, 0) is 10.0 Å². The Kier molecular flexibility index (Phi) is 3.92. The minimum atomic E-state index is -3.05. The van der Waals surface area contributed by atoms with Gasteiger partial charge in [-0.3, -0.25) is 0 Å². The van der Waals surface area contributed by atoms with Crippen molar-refractivity contribution in [3.63, 3.8) is 0 Å². The first-order valence-electron chi connectivity index (χ1n) is 5.07. The van der Waals surface area contributed by atoms with Crippen molar-refractivity contribution in [3.8, 4) is 0 Å². The Hall–Kier alpha value is -0.130. The van der Waals surface area contributed by atoms with Crippen molar-refractivity contribution in [2.24, 2.45) is 5.92 Å². The maximum Gasteiger partial charge on any atom is 0.213 e. The highest BCUT2D eigenvalue weighted by Crippen LogP contribution is 2.28. The first-order chi connectivity index (χ1) is 6.45. The molecule has 0 aromatic carbocycles. The first-order valence-corrected chi connectivity index (χ1v) is 6.68. The quantitative estimate of drug-likeness (QED) is 0.732. The fourth-order valence-corrected chi connectivity index (χ4v) is 3.01. The average Bonchev–Trinajstić information content (AvgIpc) is 2.01. The molecule has 1 aliphatic carbocycles. The lowest BCUT2D eigenvalue weighted by Gasteiger charge is -2.34. The van der Waals surface area contributed by atoms with Crippen LogP contribution >= 0.6 is 0 Å². The summed E-state index contributed by atoms with van der Waals surface area (Å²) < 4.78 is 24.5. The van der Waals surface area contributed by atoms with E-state index >= 15 is 0 Å². The van der Waals surface area contributed by atoms with Crippen LogP contribution in [0.15, 0.2) is 0 Å². The molecule has 1 fully saturated rings. The van der Waals surface area contributed by atoms with Crippen molar-refractivity contribution in [1.82, 2.24) is 4.31 Å². The molecule has 0 spiro atoms. The lowest BCUT2D eigenvalue weighted by atomic mass is 9.82. The van der Waals surface area contributed by atoms with E-state index in [2.05, 4.69) is 0 Å². The molecule has 0 aromatic rings. The Morgan fingerprint density at radius 1 is 1.43 bits per heavy atom. The molecule has 14 heavy (non-hydrogen) atoms. The normalized spacial score (nSPS) is 27.7. The number of nitrogens with zero attached hydrogens (tertiary/aromatic N) is 1. The Balaban J connectivity index is 2.37. The molecule has 0 amide bonds. The van der Waals surface area contributed by atoms with E-state index in [1.807, 2.05) is 6.92 Å². The Morgan fingerprint density at radius 3 is 2.43 bits per heavy atom. The first kappa shape index (κ1) is 11.9. The standard InChI is InChI=1S/C9H19NO3S/c1-3-4-14(12,13)10(2)7-8-5-9(11)6-8/h8-9,11H,3-7H2,1-2H3. The second-order valence-electron chi connectivity index (χ2n) is 4.09. The molecule has 1 N–H and O–H groups in total. The number of aliphatic hydroxyl groups is 1. The third-order valence-corrected chi connectivity index (χ3v) is 4.69. The van der Waals surface area contributed by atoms with E-state index in [0.29, 0.717) is 18.9 Å². The van der Waals surface area contributed by atoms with Gasteiger partial charge in [-0.25, -0.2) is 12.7 Å². The van der Waals surface area contributed by atoms with Gasteiger partial charge in [0.1, 0.15) is 0 Å². The van der Waals surface area contributed by atoms with Gasteiger partial charge in [-0.1, -0.05) is 6.92 Å². The number of hydrogen-bond acceptors (Lipinski definition) is 3. The van der Waals surface area contributed by atoms with Gasteiger partial charge >= 0.3 is 0 Å². The van der Waals surface area contributed by atoms with E-state index in [0.717, 1.165) is 12.8 Å². The molecule has 0 saturated heterocycles. The van der Waals surface area contributed by atoms with Crippen LogP contribution in [0, 0.1) is 5.92 Å². The van der Waals surface area contributed by atoms with E-state index < -0.39 is 10.0 Å². The summed E-state index contributed by atoms with van der Waals surface area (Å²) in [6.45, 7) is 2.41. The van der Waals surface area contributed by atoms with Crippen LogP contribution < -0.4 is 0 Å². The van der Waals surface area contributed by atoms with E-state index in [1.54, 1.807) is 7.05 Å². The van der Waals surface area contributed by atoms with Gasteiger partial charge in [0.05, 0.1) is 11.9 Å². The van der Waals surface area contributed by atoms with Crippen molar-refractivity contribution in [3.05, 3.63) is 0 Å². The van der Waals surface area contributed by atoms with Crippen LogP contribution in [-0.4, -0.2) is 43.3 Å². The van der Waals surface area contributed by atoms with E-state index in [-0.39, 0.29) is 11.9 Å². The van der Waals surface area contributed by atoms with Gasteiger partial charge in [0.25, 0.3) is 0 Å². The van der Waals surface area contributed by atoms with Gasteiger partial charge in [0.15, 0.2) is 0 Å². The predicted molar refractivity (Wildman–Crippen MR) is 55.4 cm³/mol. The number of sulfonamides is 1. The Bertz CT molecular complexity index is 270. The molecular formula is C9H19NO3S. The summed E-state index contributed by atoms with van der Waals surface area (Å²) >= 11 is 0. The molecule has 1 rings (SSSR count). The molecule has 84 valence electrons. The van der Waals surface area contributed by atoms with Crippen LogP contribution in [0.25, 0.3) is 0 Å². The zero-order chi connectivity index (χ0) is 10.8. The molecule has 1 saturated carbocycles. The van der Waals surface area contributed by atoms with Gasteiger partial charge < -0.3 is 5.11 Å². The van der Waals surface area contributed by atoms with E-state index in [4.69, 9.17) is 5.11 Å². The van der Waals surface area contributed by atoms with Crippen molar-refractivity contribution in [2.75, 3.05) is 19.3 Å². The number of aliphatic hydroxyl groups excluding tert-OH is 1. The monoisotopic (exact) mass is 221 g/mol. The van der Waals surface area contributed by atoms with Gasteiger partial charge in [0, 0.05) is 13.6 Å². The van der Waals surface area contributed by atoms with Crippen molar-refractivity contribution >= 4 is 10.0 Å².